The molecule has 0 rings (SSSR count). The second kappa shape index (κ2) is 9.28. The molecule has 0 aliphatic heterocycles. The summed E-state index contributed by atoms with van der Waals surface area (Å²) in [5.74, 6) is -0.176. The van der Waals surface area contributed by atoms with Crippen LogP contribution < -0.4 is 5.32 Å². The van der Waals surface area contributed by atoms with Crippen LogP contribution >= 0.6 is 0 Å². The first-order valence-electron chi connectivity index (χ1n) is 7.02. The molecule has 0 radical (unpaired) electrons. The number of methoxy groups -OCH3 is 1. The standard InChI is InChI=1S/C14H30N2O3/c1-7-15-14(4,13(17)19-8-2)9-10-16(5)12(3)11-18-6/h12,15H,7-11H2,1-6H3. The first-order chi connectivity index (χ1) is 8.91. The predicted molar refractivity (Wildman–Crippen MR) is 77.3 cm³/mol. The predicted octanol–water partition coefficient (Wildman–Crippen LogP) is 1.27. The Morgan fingerprint density at radius 1 is 1.42 bits per heavy atom. The van der Waals surface area contributed by atoms with E-state index in [-0.39, 0.29) is 5.97 Å². The number of carbonyl (C=O) groups excluding carboxylic acids is 1. The summed E-state index contributed by atoms with van der Waals surface area (Å²) < 4.78 is 10.3. The molecule has 0 fully saturated rings. The van der Waals surface area contributed by atoms with Crippen LogP contribution in [0, 0.1) is 0 Å². The Hall–Kier alpha value is -0.650. The Morgan fingerprint density at radius 2 is 2.05 bits per heavy atom. The smallest absolute Gasteiger partial charge is 0.326 e. The van der Waals surface area contributed by atoms with Crippen LogP contribution in [0.5, 0.6) is 0 Å². The lowest BCUT2D eigenvalue weighted by Gasteiger charge is -2.32. The van der Waals surface area contributed by atoms with E-state index in [0.29, 0.717) is 25.7 Å². The molecule has 5 nitrogen and oxygen atoms in total. The molecule has 0 bridgehead atoms. The molecule has 0 amide bonds. The third-order valence-corrected chi connectivity index (χ3v) is 3.42. The molecule has 2 unspecified atom stereocenters. The second-order valence-corrected chi connectivity index (χ2v) is 5.12. The topological polar surface area (TPSA) is 50.8 Å². The monoisotopic (exact) mass is 274 g/mol. The van der Waals surface area contributed by atoms with Gasteiger partial charge in [-0.1, -0.05) is 6.92 Å². The van der Waals surface area contributed by atoms with Gasteiger partial charge in [-0.15, -0.1) is 0 Å². The van der Waals surface area contributed by atoms with Crippen molar-refractivity contribution in [1.29, 1.82) is 0 Å². The average Bonchev–Trinajstić information content (AvgIpc) is 2.36. The van der Waals surface area contributed by atoms with Gasteiger partial charge in [0, 0.05) is 19.7 Å². The summed E-state index contributed by atoms with van der Waals surface area (Å²) in [4.78, 5) is 14.2. The molecule has 0 aliphatic rings. The Kier molecular flexibility index (Phi) is 8.97. The third-order valence-electron chi connectivity index (χ3n) is 3.42. The quantitative estimate of drug-likeness (QED) is 0.608. The zero-order valence-electron chi connectivity index (χ0n) is 13.3. The minimum atomic E-state index is -0.619. The zero-order valence-corrected chi connectivity index (χ0v) is 13.3. The fourth-order valence-electron chi connectivity index (χ4n) is 1.93. The van der Waals surface area contributed by atoms with Crippen molar-refractivity contribution in [3.8, 4) is 0 Å². The van der Waals surface area contributed by atoms with E-state index in [1.54, 1.807) is 7.11 Å². The van der Waals surface area contributed by atoms with Crippen LogP contribution in [0.1, 0.15) is 34.1 Å². The van der Waals surface area contributed by atoms with Crippen LogP contribution in [0.4, 0.5) is 0 Å². The number of carbonyl (C=O) groups is 1. The van der Waals surface area contributed by atoms with Gasteiger partial charge in [0.15, 0.2) is 0 Å². The van der Waals surface area contributed by atoms with Gasteiger partial charge >= 0.3 is 5.97 Å². The maximum atomic E-state index is 12.0. The van der Waals surface area contributed by atoms with Gasteiger partial charge in [0.25, 0.3) is 0 Å². The highest BCUT2D eigenvalue weighted by Crippen LogP contribution is 2.14. The molecule has 2 atom stereocenters. The van der Waals surface area contributed by atoms with Crippen LogP contribution in [-0.4, -0.2) is 62.9 Å². The molecule has 0 saturated carbocycles. The van der Waals surface area contributed by atoms with Crippen molar-refractivity contribution in [3.05, 3.63) is 0 Å². The highest BCUT2D eigenvalue weighted by Gasteiger charge is 2.33. The van der Waals surface area contributed by atoms with E-state index < -0.39 is 5.54 Å². The molecule has 0 heterocycles. The van der Waals surface area contributed by atoms with Gasteiger partial charge in [0.2, 0.25) is 0 Å². The molecule has 19 heavy (non-hydrogen) atoms. The van der Waals surface area contributed by atoms with Crippen molar-refractivity contribution >= 4 is 5.97 Å². The Morgan fingerprint density at radius 3 is 2.53 bits per heavy atom. The molecule has 1 N–H and O–H groups in total. The van der Waals surface area contributed by atoms with Crippen LogP contribution in [0.25, 0.3) is 0 Å². The molecule has 0 aliphatic carbocycles. The lowest BCUT2D eigenvalue weighted by atomic mass is 9.97. The van der Waals surface area contributed by atoms with Crippen LogP contribution in [-0.2, 0) is 14.3 Å². The van der Waals surface area contributed by atoms with Gasteiger partial charge in [-0.2, -0.15) is 0 Å². The van der Waals surface area contributed by atoms with Crippen molar-refractivity contribution < 1.29 is 14.3 Å². The van der Waals surface area contributed by atoms with Crippen molar-refractivity contribution in [2.45, 2.75) is 45.7 Å². The summed E-state index contributed by atoms with van der Waals surface area (Å²) in [7, 11) is 3.74. The number of hydrogen-bond donors (Lipinski definition) is 1. The maximum Gasteiger partial charge on any atom is 0.326 e. The SMILES string of the molecule is CCNC(C)(CCN(C)C(C)COC)C(=O)OCC. The minimum Gasteiger partial charge on any atom is -0.465 e. The molecular formula is C14H30N2O3. The van der Waals surface area contributed by atoms with Crippen molar-refractivity contribution in [3.63, 3.8) is 0 Å². The summed E-state index contributed by atoms with van der Waals surface area (Å²) in [5, 5.41) is 3.24. The first-order valence-corrected chi connectivity index (χ1v) is 7.02. The van der Waals surface area contributed by atoms with Gasteiger partial charge in [0.05, 0.1) is 13.2 Å². The van der Waals surface area contributed by atoms with Gasteiger partial charge in [-0.05, 0) is 40.8 Å². The summed E-state index contributed by atoms with van der Waals surface area (Å²) in [6.45, 7) is 10.5. The summed E-state index contributed by atoms with van der Waals surface area (Å²) in [6, 6.07) is 0.332. The lowest BCUT2D eigenvalue weighted by Crippen LogP contribution is -2.52. The van der Waals surface area contributed by atoms with Crippen LogP contribution in [0.2, 0.25) is 0 Å². The molecular weight excluding hydrogens is 244 g/mol. The van der Waals surface area contributed by atoms with Crippen LogP contribution in [0.15, 0.2) is 0 Å². The van der Waals surface area contributed by atoms with Gasteiger partial charge < -0.3 is 19.7 Å². The fourth-order valence-corrected chi connectivity index (χ4v) is 1.93. The lowest BCUT2D eigenvalue weighted by molar-refractivity contribution is -0.151. The number of nitrogens with zero attached hydrogens (tertiary/aromatic N) is 1. The molecule has 0 aromatic carbocycles. The number of ether oxygens (including phenoxy) is 2. The minimum absolute atomic E-state index is 0.176. The largest absolute Gasteiger partial charge is 0.465 e. The highest BCUT2D eigenvalue weighted by atomic mass is 16.5. The van der Waals surface area contributed by atoms with Crippen molar-refractivity contribution in [1.82, 2.24) is 10.2 Å². The van der Waals surface area contributed by atoms with Crippen molar-refractivity contribution in [2.24, 2.45) is 0 Å². The number of rotatable bonds is 10. The molecule has 0 spiro atoms. The van der Waals surface area contributed by atoms with E-state index in [1.165, 1.54) is 0 Å². The van der Waals surface area contributed by atoms with Gasteiger partial charge in [-0.25, -0.2) is 0 Å². The van der Waals surface area contributed by atoms with E-state index in [2.05, 4.69) is 17.1 Å². The van der Waals surface area contributed by atoms with E-state index in [9.17, 15) is 4.79 Å². The average molecular weight is 274 g/mol. The Balaban J connectivity index is 4.45. The second-order valence-electron chi connectivity index (χ2n) is 5.12. The molecule has 5 heteroatoms. The normalized spacial score (nSPS) is 16.2. The Labute approximate surface area is 117 Å². The van der Waals surface area contributed by atoms with Crippen molar-refractivity contribution in [2.75, 3.05) is 40.5 Å². The number of hydrogen-bond acceptors (Lipinski definition) is 5. The number of nitrogens with one attached hydrogen (secondary N) is 1. The molecule has 0 aromatic rings. The molecule has 114 valence electrons. The Bertz CT molecular complexity index is 261. The summed E-state index contributed by atoms with van der Waals surface area (Å²) in [6.07, 6.45) is 0.713. The van der Waals surface area contributed by atoms with E-state index >= 15 is 0 Å². The fraction of sp³-hybridized carbons (Fsp3) is 0.929. The number of likely N-dealkylation sites (N-methyl/N-ethyl adjacent to an activating group) is 2. The number of esters is 1. The van der Waals surface area contributed by atoms with Crippen LogP contribution in [0.3, 0.4) is 0 Å². The zero-order chi connectivity index (χ0) is 14.9. The van der Waals surface area contributed by atoms with Gasteiger partial charge in [0.1, 0.15) is 5.54 Å². The maximum absolute atomic E-state index is 12.0. The molecule has 0 saturated heterocycles. The van der Waals surface area contributed by atoms with Gasteiger partial charge in [-0.3, -0.25) is 4.79 Å². The van der Waals surface area contributed by atoms with E-state index in [1.807, 2.05) is 27.8 Å². The van der Waals surface area contributed by atoms with E-state index in [0.717, 1.165) is 13.1 Å². The molecule has 0 aromatic heterocycles. The van der Waals surface area contributed by atoms with E-state index in [4.69, 9.17) is 9.47 Å². The summed E-state index contributed by atoms with van der Waals surface area (Å²) in [5.41, 5.74) is -0.619. The highest BCUT2D eigenvalue weighted by molar-refractivity contribution is 5.80. The summed E-state index contributed by atoms with van der Waals surface area (Å²) >= 11 is 0. The third kappa shape index (κ3) is 6.36. The first kappa shape index (κ1) is 18.4.